The predicted molar refractivity (Wildman–Crippen MR) is 118 cm³/mol. The Labute approximate surface area is 176 Å². The first-order valence-electron chi connectivity index (χ1n) is 10.6. The van der Waals surface area contributed by atoms with Crippen LogP contribution in [-0.4, -0.2) is 45.3 Å². The van der Waals surface area contributed by atoms with E-state index in [4.69, 9.17) is 4.74 Å². The van der Waals surface area contributed by atoms with Crippen molar-refractivity contribution >= 4 is 10.9 Å². The number of H-pyrrole nitrogens is 2. The van der Waals surface area contributed by atoms with Crippen molar-refractivity contribution in [2.75, 3.05) is 20.2 Å². The van der Waals surface area contributed by atoms with Gasteiger partial charge in [-0.1, -0.05) is 30.3 Å². The van der Waals surface area contributed by atoms with Crippen molar-refractivity contribution < 1.29 is 4.74 Å². The van der Waals surface area contributed by atoms with Crippen molar-refractivity contribution in [2.24, 2.45) is 5.92 Å². The number of hydrogen-bond acceptors (Lipinski definition) is 4. The van der Waals surface area contributed by atoms with Gasteiger partial charge in [0.05, 0.1) is 13.7 Å². The smallest absolute Gasteiger partial charge is 0.163 e. The van der Waals surface area contributed by atoms with E-state index in [1.807, 2.05) is 24.4 Å². The first-order chi connectivity index (χ1) is 14.8. The maximum atomic E-state index is 5.37. The fourth-order valence-corrected chi connectivity index (χ4v) is 4.42. The van der Waals surface area contributed by atoms with Gasteiger partial charge in [0, 0.05) is 22.7 Å². The summed E-state index contributed by atoms with van der Waals surface area (Å²) in [7, 11) is 1.68. The van der Waals surface area contributed by atoms with Gasteiger partial charge in [-0.3, -0.25) is 4.90 Å². The summed E-state index contributed by atoms with van der Waals surface area (Å²) < 4.78 is 5.37. The van der Waals surface area contributed by atoms with Crippen LogP contribution in [-0.2, 0) is 13.0 Å². The van der Waals surface area contributed by atoms with Crippen LogP contribution in [0.15, 0.2) is 54.7 Å². The predicted octanol–water partition coefficient (Wildman–Crippen LogP) is 4.42. The van der Waals surface area contributed by atoms with Gasteiger partial charge in [0.1, 0.15) is 11.6 Å². The quantitative estimate of drug-likeness (QED) is 0.502. The van der Waals surface area contributed by atoms with E-state index in [1.165, 1.54) is 24.8 Å². The van der Waals surface area contributed by atoms with Gasteiger partial charge in [-0.2, -0.15) is 0 Å². The summed E-state index contributed by atoms with van der Waals surface area (Å²) in [5.41, 5.74) is 3.53. The van der Waals surface area contributed by atoms with Crippen LogP contribution in [0.4, 0.5) is 0 Å². The summed E-state index contributed by atoms with van der Waals surface area (Å²) in [6, 6.07) is 16.8. The van der Waals surface area contributed by atoms with Crippen LogP contribution in [0, 0.1) is 5.92 Å². The van der Waals surface area contributed by atoms with Gasteiger partial charge >= 0.3 is 0 Å². The lowest BCUT2D eigenvalue weighted by Gasteiger charge is -2.31. The summed E-state index contributed by atoms with van der Waals surface area (Å²) in [6.45, 7) is 3.03. The summed E-state index contributed by atoms with van der Waals surface area (Å²) >= 11 is 0. The fourth-order valence-electron chi connectivity index (χ4n) is 4.42. The van der Waals surface area contributed by atoms with Gasteiger partial charge < -0.3 is 14.7 Å². The van der Waals surface area contributed by atoms with Crippen LogP contribution in [0.2, 0.25) is 0 Å². The summed E-state index contributed by atoms with van der Waals surface area (Å²) in [4.78, 5) is 9.19. The summed E-state index contributed by atoms with van der Waals surface area (Å²) in [6.07, 6.45) is 5.63. The number of nitrogens with one attached hydrogen (secondary N) is 2. The minimum absolute atomic E-state index is 0.773. The molecule has 5 rings (SSSR count). The number of aromatic nitrogens is 4. The number of benzene rings is 2. The number of fused-ring (bicyclic) bond motifs is 1. The molecular formula is C24H27N5O. The van der Waals surface area contributed by atoms with E-state index >= 15 is 0 Å². The molecule has 0 atom stereocenters. The van der Waals surface area contributed by atoms with E-state index in [2.05, 4.69) is 55.4 Å². The Morgan fingerprint density at radius 2 is 1.90 bits per heavy atom. The maximum absolute atomic E-state index is 5.37. The highest BCUT2D eigenvalue weighted by Gasteiger charge is 2.21. The first-order valence-corrected chi connectivity index (χ1v) is 10.6. The molecule has 0 spiro atoms. The van der Waals surface area contributed by atoms with Crippen LogP contribution in [0.1, 0.15) is 24.2 Å². The number of piperidine rings is 1. The Kier molecular flexibility index (Phi) is 5.24. The van der Waals surface area contributed by atoms with E-state index < -0.39 is 0 Å². The monoisotopic (exact) mass is 401 g/mol. The Hall–Kier alpha value is -3.12. The second-order valence-corrected chi connectivity index (χ2v) is 8.14. The van der Waals surface area contributed by atoms with Crippen molar-refractivity contribution in [3.63, 3.8) is 0 Å². The molecule has 2 aromatic carbocycles. The van der Waals surface area contributed by atoms with Gasteiger partial charge in [-0.25, -0.2) is 0 Å². The molecule has 1 aliphatic heterocycles. The van der Waals surface area contributed by atoms with E-state index in [1.54, 1.807) is 7.11 Å². The molecule has 0 saturated carbocycles. The van der Waals surface area contributed by atoms with E-state index in [0.29, 0.717) is 0 Å². The molecule has 0 amide bonds. The van der Waals surface area contributed by atoms with Crippen LogP contribution in [0.25, 0.3) is 22.3 Å². The number of hydrogen-bond donors (Lipinski definition) is 2. The summed E-state index contributed by atoms with van der Waals surface area (Å²) in [5.74, 6) is 3.32. The number of aromatic amines is 2. The van der Waals surface area contributed by atoms with E-state index in [9.17, 15) is 0 Å². The van der Waals surface area contributed by atoms with E-state index in [0.717, 1.165) is 59.4 Å². The third kappa shape index (κ3) is 3.96. The van der Waals surface area contributed by atoms with Crippen molar-refractivity contribution in [3.05, 3.63) is 66.1 Å². The van der Waals surface area contributed by atoms with Gasteiger partial charge in [0.25, 0.3) is 0 Å². The van der Waals surface area contributed by atoms with Crippen molar-refractivity contribution in [3.8, 4) is 17.1 Å². The maximum Gasteiger partial charge on any atom is 0.163 e. The number of rotatable bonds is 6. The molecule has 30 heavy (non-hydrogen) atoms. The molecule has 1 fully saturated rings. The van der Waals surface area contributed by atoms with Crippen molar-refractivity contribution in [1.29, 1.82) is 0 Å². The topological polar surface area (TPSA) is 69.8 Å². The zero-order valence-electron chi connectivity index (χ0n) is 17.3. The normalized spacial score (nSPS) is 15.6. The fraction of sp³-hybridized carbons (Fsp3) is 0.333. The first kappa shape index (κ1) is 18.9. The molecule has 2 N–H and O–H groups in total. The van der Waals surface area contributed by atoms with Crippen LogP contribution in [0.5, 0.6) is 5.75 Å². The van der Waals surface area contributed by atoms with Gasteiger partial charge in [-0.05, 0) is 62.0 Å². The molecular weight excluding hydrogens is 374 g/mol. The molecule has 0 aliphatic carbocycles. The van der Waals surface area contributed by atoms with Gasteiger partial charge in [-0.15, -0.1) is 10.2 Å². The highest BCUT2D eigenvalue weighted by Crippen LogP contribution is 2.29. The third-order valence-electron chi connectivity index (χ3n) is 6.13. The minimum Gasteiger partial charge on any atom is -0.497 e. The molecule has 1 aliphatic rings. The Morgan fingerprint density at radius 3 is 2.70 bits per heavy atom. The second-order valence-electron chi connectivity index (χ2n) is 8.14. The zero-order valence-corrected chi connectivity index (χ0v) is 17.3. The molecule has 154 valence electrons. The second kappa shape index (κ2) is 8.32. The molecule has 6 heteroatoms. The number of likely N-dealkylation sites (tertiary alicyclic amines) is 1. The number of ether oxygens (including phenoxy) is 1. The molecule has 0 unspecified atom stereocenters. The van der Waals surface area contributed by atoms with Crippen LogP contribution in [0.3, 0.4) is 0 Å². The minimum atomic E-state index is 0.773. The molecule has 4 aromatic rings. The largest absolute Gasteiger partial charge is 0.497 e. The Morgan fingerprint density at radius 1 is 1.07 bits per heavy atom. The zero-order chi connectivity index (χ0) is 20.3. The summed E-state index contributed by atoms with van der Waals surface area (Å²) in [5, 5.41) is 9.90. The number of methoxy groups -OCH3 is 1. The lowest BCUT2D eigenvalue weighted by Crippen LogP contribution is -2.34. The van der Waals surface area contributed by atoms with Gasteiger partial charge in [0.2, 0.25) is 0 Å². The molecule has 0 radical (unpaired) electrons. The Bertz CT molecular complexity index is 1110. The molecule has 1 saturated heterocycles. The van der Waals surface area contributed by atoms with Crippen LogP contribution >= 0.6 is 0 Å². The van der Waals surface area contributed by atoms with Crippen LogP contribution < -0.4 is 4.74 Å². The molecule has 0 bridgehead atoms. The average Bonchev–Trinajstić information content (AvgIpc) is 3.42. The van der Waals surface area contributed by atoms with E-state index in [-0.39, 0.29) is 0 Å². The molecule has 3 heterocycles. The average molecular weight is 402 g/mol. The third-order valence-corrected chi connectivity index (χ3v) is 6.13. The van der Waals surface area contributed by atoms with Crippen molar-refractivity contribution in [1.82, 2.24) is 25.1 Å². The SMILES string of the molecule is COc1ccc2[nH]cc(-c3nnc(CN4CCC(Cc5ccccc5)CC4)[nH]3)c2c1. The highest BCUT2D eigenvalue weighted by molar-refractivity contribution is 5.94. The van der Waals surface area contributed by atoms with Crippen molar-refractivity contribution in [2.45, 2.75) is 25.8 Å². The highest BCUT2D eigenvalue weighted by atomic mass is 16.5. The van der Waals surface area contributed by atoms with Gasteiger partial charge in [0.15, 0.2) is 5.82 Å². The lowest BCUT2D eigenvalue weighted by atomic mass is 9.90. The lowest BCUT2D eigenvalue weighted by molar-refractivity contribution is 0.173. The Balaban J connectivity index is 1.22. The molecule has 6 nitrogen and oxygen atoms in total. The standard InChI is InChI=1S/C24H27N5O/c1-30-19-7-8-22-20(14-19)21(15-25-22)24-26-23(27-28-24)16-29-11-9-18(10-12-29)13-17-5-3-2-4-6-17/h2-8,14-15,18,25H,9-13,16H2,1H3,(H,26,27,28). The number of nitrogens with zero attached hydrogens (tertiary/aromatic N) is 3. The molecule has 2 aromatic heterocycles.